The molecular formula is C26H29FN2O8. The molecule has 0 aromatic heterocycles. The highest BCUT2D eigenvalue weighted by atomic mass is 19.1. The van der Waals surface area contributed by atoms with E-state index in [1.54, 1.807) is 36.4 Å². The van der Waals surface area contributed by atoms with Gasteiger partial charge in [0.25, 0.3) is 0 Å². The van der Waals surface area contributed by atoms with E-state index >= 15 is 0 Å². The molecule has 10 nitrogen and oxygen atoms in total. The van der Waals surface area contributed by atoms with Gasteiger partial charge in [0.2, 0.25) is 0 Å². The lowest BCUT2D eigenvalue weighted by Gasteiger charge is -2.17. The number of unbranched alkanes of at least 4 members (excludes halogenated alkanes) is 1. The van der Waals surface area contributed by atoms with Crippen LogP contribution in [0.3, 0.4) is 0 Å². The highest BCUT2D eigenvalue weighted by molar-refractivity contribution is 5.91. The fraction of sp³-hybridized carbons (Fsp3) is 0.346. The molecule has 0 spiro atoms. The van der Waals surface area contributed by atoms with E-state index in [0.717, 1.165) is 18.4 Å². The molecule has 0 aliphatic heterocycles. The SMILES string of the molecule is O=C[C@H](CCC(=O)O)NC(=O)N[C@@H](Cc1ccc(OC(=O)c2ccc(CCCCF)cc2)cc1)C(=O)O. The molecule has 0 heterocycles. The Balaban J connectivity index is 1.91. The second-order valence-electron chi connectivity index (χ2n) is 8.26. The third-order valence-electron chi connectivity index (χ3n) is 5.37. The third-order valence-corrected chi connectivity index (χ3v) is 5.37. The first kappa shape index (κ1) is 29.0. The number of aldehydes is 1. The highest BCUT2D eigenvalue weighted by Crippen LogP contribution is 2.16. The number of urea groups is 1. The van der Waals surface area contributed by atoms with Crippen LogP contribution in [-0.2, 0) is 27.2 Å². The number of nitrogens with one attached hydrogen (secondary N) is 2. The average molecular weight is 517 g/mol. The van der Waals surface area contributed by atoms with Crippen LogP contribution in [0.2, 0.25) is 0 Å². The monoisotopic (exact) mass is 516 g/mol. The summed E-state index contributed by atoms with van der Waals surface area (Å²) in [7, 11) is 0. The van der Waals surface area contributed by atoms with E-state index in [0.29, 0.717) is 23.8 Å². The molecule has 0 saturated carbocycles. The minimum absolute atomic E-state index is 0.0955. The smallest absolute Gasteiger partial charge is 0.343 e. The second-order valence-corrected chi connectivity index (χ2v) is 8.26. The number of benzene rings is 2. The van der Waals surface area contributed by atoms with Gasteiger partial charge in [-0.25, -0.2) is 14.4 Å². The Kier molecular flexibility index (Phi) is 11.7. The number of amides is 2. The predicted molar refractivity (Wildman–Crippen MR) is 130 cm³/mol. The van der Waals surface area contributed by atoms with Crippen molar-refractivity contribution >= 4 is 30.2 Å². The molecular weight excluding hydrogens is 487 g/mol. The Morgan fingerprint density at radius 3 is 2.14 bits per heavy atom. The first-order valence-corrected chi connectivity index (χ1v) is 11.6. The van der Waals surface area contributed by atoms with Crippen LogP contribution in [0.15, 0.2) is 48.5 Å². The summed E-state index contributed by atoms with van der Waals surface area (Å²) in [6, 6.07) is 9.60. The fourth-order valence-electron chi connectivity index (χ4n) is 3.35. The van der Waals surface area contributed by atoms with Gasteiger partial charge in [0.15, 0.2) is 0 Å². The van der Waals surface area contributed by atoms with Crippen molar-refractivity contribution in [1.29, 1.82) is 0 Å². The van der Waals surface area contributed by atoms with Crippen LogP contribution in [0.25, 0.3) is 0 Å². The largest absolute Gasteiger partial charge is 0.481 e. The maximum Gasteiger partial charge on any atom is 0.343 e. The molecule has 0 unspecified atom stereocenters. The van der Waals surface area contributed by atoms with Gasteiger partial charge in [-0.2, -0.15) is 0 Å². The van der Waals surface area contributed by atoms with E-state index in [-0.39, 0.29) is 31.7 Å². The minimum Gasteiger partial charge on any atom is -0.481 e. The van der Waals surface area contributed by atoms with Crippen molar-refractivity contribution in [3.63, 3.8) is 0 Å². The van der Waals surface area contributed by atoms with Crippen LogP contribution in [0.5, 0.6) is 5.75 Å². The molecule has 2 amide bonds. The van der Waals surface area contributed by atoms with Gasteiger partial charge in [-0.05, 0) is 61.1 Å². The van der Waals surface area contributed by atoms with Gasteiger partial charge in [0.1, 0.15) is 18.1 Å². The van der Waals surface area contributed by atoms with Crippen molar-refractivity contribution < 1.29 is 43.3 Å². The number of alkyl halides is 1. The fourth-order valence-corrected chi connectivity index (χ4v) is 3.35. The predicted octanol–water partition coefficient (Wildman–Crippen LogP) is 2.93. The number of ether oxygens (including phenoxy) is 1. The van der Waals surface area contributed by atoms with Crippen LogP contribution in [0, 0.1) is 0 Å². The molecule has 2 rings (SSSR count). The van der Waals surface area contributed by atoms with Crippen molar-refractivity contribution in [2.75, 3.05) is 6.67 Å². The summed E-state index contributed by atoms with van der Waals surface area (Å²) in [5.74, 6) is -2.78. The molecule has 2 aromatic rings. The molecule has 0 radical (unpaired) electrons. The summed E-state index contributed by atoms with van der Waals surface area (Å²) in [6.07, 6.45) is 1.75. The molecule has 0 bridgehead atoms. The summed E-state index contributed by atoms with van der Waals surface area (Å²) in [5, 5.41) is 22.6. The van der Waals surface area contributed by atoms with Crippen molar-refractivity contribution in [3.05, 3.63) is 65.2 Å². The molecule has 11 heteroatoms. The maximum absolute atomic E-state index is 12.4. The number of rotatable bonds is 15. The number of halogens is 1. The molecule has 2 aromatic carbocycles. The lowest BCUT2D eigenvalue weighted by molar-refractivity contribution is -0.139. The van der Waals surface area contributed by atoms with Gasteiger partial charge < -0.3 is 30.4 Å². The molecule has 198 valence electrons. The van der Waals surface area contributed by atoms with Gasteiger partial charge in [-0.1, -0.05) is 24.3 Å². The van der Waals surface area contributed by atoms with Gasteiger partial charge in [-0.3, -0.25) is 9.18 Å². The Bertz CT molecular complexity index is 1070. The zero-order valence-electron chi connectivity index (χ0n) is 20.0. The quantitative estimate of drug-likeness (QED) is 0.122. The zero-order chi connectivity index (χ0) is 27.2. The van der Waals surface area contributed by atoms with Crippen LogP contribution in [-0.4, -0.2) is 59.2 Å². The van der Waals surface area contributed by atoms with E-state index < -0.39 is 36.0 Å². The Hall–Kier alpha value is -4.28. The molecule has 0 fully saturated rings. The molecule has 37 heavy (non-hydrogen) atoms. The third kappa shape index (κ3) is 10.5. The number of hydrogen-bond acceptors (Lipinski definition) is 6. The lowest BCUT2D eigenvalue weighted by atomic mass is 10.1. The summed E-state index contributed by atoms with van der Waals surface area (Å²) in [5.41, 5.74) is 1.87. The molecule has 2 atom stereocenters. The van der Waals surface area contributed by atoms with Crippen molar-refractivity contribution in [3.8, 4) is 5.75 Å². The molecule has 0 aliphatic rings. The Morgan fingerprint density at radius 2 is 1.57 bits per heavy atom. The van der Waals surface area contributed by atoms with Gasteiger partial charge in [-0.15, -0.1) is 0 Å². The van der Waals surface area contributed by atoms with Crippen LogP contribution >= 0.6 is 0 Å². The number of carboxylic acid groups (broad SMARTS) is 2. The summed E-state index contributed by atoms with van der Waals surface area (Å²) in [4.78, 5) is 57.7. The van der Waals surface area contributed by atoms with E-state index in [4.69, 9.17) is 9.84 Å². The normalized spacial score (nSPS) is 12.1. The molecule has 4 N–H and O–H groups in total. The van der Waals surface area contributed by atoms with E-state index in [9.17, 15) is 33.5 Å². The lowest BCUT2D eigenvalue weighted by Crippen LogP contribution is -2.50. The summed E-state index contributed by atoms with van der Waals surface area (Å²) < 4.78 is 17.6. The van der Waals surface area contributed by atoms with E-state index in [1.807, 2.05) is 0 Å². The van der Waals surface area contributed by atoms with Gasteiger partial charge >= 0.3 is 23.9 Å². The van der Waals surface area contributed by atoms with E-state index in [2.05, 4.69) is 10.6 Å². The number of carbonyl (C=O) groups is 5. The summed E-state index contributed by atoms with van der Waals surface area (Å²) >= 11 is 0. The van der Waals surface area contributed by atoms with Crippen LogP contribution in [0.4, 0.5) is 9.18 Å². The topological polar surface area (TPSA) is 159 Å². The van der Waals surface area contributed by atoms with Crippen LogP contribution in [0.1, 0.15) is 47.2 Å². The van der Waals surface area contributed by atoms with Crippen molar-refractivity contribution in [2.24, 2.45) is 0 Å². The summed E-state index contributed by atoms with van der Waals surface area (Å²) in [6.45, 7) is -0.357. The number of aliphatic carboxylic acids is 2. The standard InChI is InChI=1S/C26H29FN2O8/c27-14-2-1-3-17-4-8-19(9-5-17)25(35)37-21-11-6-18(7-12-21)15-22(24(33)34)29-26(36)28-20(16-30)10-13-23(31)32/h4-9,11-12,16,20,22H,1-3,10,13-15H2,(H,31,32)(H,33,34)(H2,28,29,36)/t20-,22-/m0/s1. The number of carboxylic acids is 2. The first-order chi connectivity index (χ1) is 17.7. The molecule has 0 aliphatic carbocycles. The van der Waals surface area contributed by atoms with Gasteiger partial charge in [0.05, 0.1) is 18.3 Å². The maximum atomic E-state index is 12.4. The number of esters is 1. The Labute approximate surface area is 212 Å². The molecule has 0 saturated heterocycles. The second kappa shape index (κ2) is 15.0. The first-order valence-electron chi connectivity index (χ1n) is 11.6. The zero-order valence-corrected chi connectivity index (χ0v) is 20.0. The average Bonchev–Trinajstić information content (AvgIpc) is 2.87. The highest BCUT2D eigenvalue weighted by Gasteiger charge is 2.22. The van der Waals surface area contributed by atoms with Crippen molar-refractivity contribution in [1.82, 2.24) is 10.6 Å². The number of aryl methyl sites for hydroxylation is 1. The number of carbonyl (C=O) groups excluding carboxylic acids is 3. The van der Waals surface area contributed by atoms with Gasteiger partial charge in [0, 0.05) is 12.8 Å². The minimum atomic E-state index is -1.33. The Morgan fingerprint density at radius 1 is 0.919 bits per heavy atom. The number of hydrogen-bond donors (Lipinski definition) is 4. The van der Waals surface area contributed by atoms with E-state index in [1.165, 1.54) is 12.1 Å². The van der Waals surface area contributed by atoms with Crippen molar-refractivity contribution in [2.45, 2.75) is 50.6 Å². The van der Waals surface area contributed by atoms with Crippen LogP contribution < -0.4 is 15.4 Å².